The minimum absolute atomic E-state index is 0.783. The number of pyridine rings is 1. The number of aromatic nitrogens is 1. The molecule has 1 heterocycles. The third-order valence-corrected chi connectivity index (χ3v) is 5.52. The second kappa shape index (κ2) is 8.50. The maximum atomic E-state index is 8.53. The van der Waals surface area contributed by atoms with Gasteiger partial charge in [-0.2, -0.15) is 0 Å². The predicted octanol–water partition coefficient (Wildman–Crippen LogP) is 5.75. The van der Waals surface area contributed by atoms with E-state index in [0.29, 0.717) is 0 Å². The first-order valence-electron chi connectivity index (χ1n) is 10.0. The standard InChI is InChI=1S/C22H32N2/c1-2-3-4-5-6-7-8-11-17-24-20-15-10-9-13-18(20)22(23)19-14-12-16-21(19)24/h9-10,13,15,23H,2-8,11-12,14,16-17H2,1H3. The molecule has 2 nitrogen and oxygen atoms in total. The summed E-state index contributed by atoms with van der Waals surface area (Å²) in [4.78, 5) is 0. The van der Waals surface area contributed by atoms with Crippen molar-refractivity contribution in [2.24, 2.45) is 0 Å². The van der Waals surface area contributed by atoms with E-state index < -0.39 is 0 Å². The lowest BCUT2D eigenvalue weighted by Crippen LogP contribution is -2.17. The Labute approximate surface area is 146 Å². The maximum Gasteiger partial charge on any atom is 0.0682 e. The topological polar surface area (TPSA) is 28.8 Å². The van der Waals surface area contributed by atoms with Crippen molar-refractivity contribution in [3.8, 4) is 0 Å². The maximum absolute atomic E-state index is 8.53. The van der Waals surface area contributed by atoms with Crippen LogP contribution >= 0.6 is 0 Å². The molecule has 24 heavy (non-hydrogen) atoms. The molecule has 0 atom stereocenters. The predicted molar refractivity (Wildman–Crippen MR) is 102 cm³/mol. The number of unbranched alkanes of at least 4 members (excludes halogenated alkanes) is 7. The zero-order valence-electron chi connectivity index (χ0n) is 15.2. The van der Waals surface area contributed by atoms with E-state index in [4.69, 9.17) is 5.41 Å². The highest BCUT2D eigenvalue weighted by atomic mass is 15.0. The Morgan fingerprint density at radius 3 is 2.42 bits per heavy atom. The molecule has 0 spiro atoms. The van der Waals surface area contributed by atoms with Crippen LogP contribution < -0.4 is 5.36 Å². The van der Waals surface area contributed by atoms with Crippen molar-refractivity contribution < 1.29 is 0 Å². The number of aryl methyl sites for hydroxylation is 1. The fourth-order valence-corrected chi connectivity index (χ4v) is 4.18. The molecule has 130 valence electrons. The molecule has 2 heteroatoms. The summed E-state index contributed by atoms with van der Waals surface area (Å²) in [7, 11) is 0. The van der Waals surface area contributed by atoms with Gasteiger partial charge in [0.05, 0.1) is 10.9 Å². The van der Waals surface area contributed by atoms with Crippen LogP contribution in [0.3, 0.4) is 0 Å². The van der Waals surface area contributed by atoms with E-state index in [-0.39, 0.29) is 0 Å². The van der Waals surface area contributed by atoms with Gasteiger partial charge in [-0.15, -0.1) is 0 Å². The summed E-state index contributed by atoms with van der Waals surface area (Å²) in [5, 5.41) is 10.4. The summed E-state index contributed by atoms with van der Waals surface area (Å²) in [5.74, 6) is 0. The largest absolute Gasteiger partial charge is 0.344 e. The fourth-order valence-electron chi connectivity index (χ4n) is 4.18. The van der Waals surface area contributed by atoms with Gasteiger partial charge in [-0.05, 0) is 37.3 Å². The van der Waals surface area contributed by atoms with E-state index in [0.717, 1.165) is 30.1 Å². The van der Waals surface area contributed by atoms with Gasteiger partial charge in [0.1, 0.15) is 0 Å². The Bertz CT molecular complexity index is 727. The summed E-state index contributed by atoms with van der Waals surface area (Å²) in [6.07, 6.45) is 14.4. The number of nitrogens with one attached hydrogen (secondary N) is 1. The monoisotopic (exact) mass is 324 g/mol. The molecule has 3 rings (SSSR count). The summed E-state index contributed by atoms with van der Waals surface area (Å²) in [5.41, 5.74) is 4.03. The van der Waals surface area contributed by atoms with Crippen LogP contribution in [0, 0.1) is 5.41 Å². The Hall–Kier alpha value is -1.57. The molecular formula is C22H32N2. The quantitative estimate of drug-likeness (QED) is 0.569. The van der Waals surface area contributed by atoms with Gasteiger partial charge in [-0.25, -0.2) is 0 Å². The molecule has 1 aliphatic carbocycles. The van der Waals surface area contributed by atoms with E-state index in [2.05, 4.69) is 35.8 Å². The van der Waals surface area contributed by atoms with E-state index >= 15 is 0 Å². The third-order valence-electron chi connectivity index (χ3n) is 5.52. The van der Waals surface area contributed by atoms with Crippen LogP contribution in [0.4, 0.5) is 0 Å². The van der Waals surface area contributed by atoms with Crippen LogP contribution in [-0.4, -0.2) is 4.57 Å². The lowest BCUT2D eigenvalue weighted by Gasteiger charge is -2.17. The minimum atomic E-state index is 0.783. The Morgan fingerprint density at radius 1 is 0.917 bits per heavy atom. The zero-order valence-corrected chi connectivity index (χ0v) is 15.2. The van der Waals surface area contributed by atoms with Crippen LogP contribution in [0.2, 0.25) is 0 Å². The van der Waals surface area contributed by atoms with Crippen molar-refractivity contribution in [1.29, 1.82) is 5.41 Å². The Kier molecular flexibility index (Phi) is 6.12. The molecule has 1 N–H and O–H groups in total. The molecule has 0 aliphatic heterocycles. The first-order chi connectivity index (χ1) is 11.8. The minimum Gasteiger partial charge on any atom is -0.344 e. The van der Waals surface area contributed by atoms with Gasteiger partial charge in [-0.3, -0.25) is 5.41 Å². The third kappa shape index (κ3) is 3.74. The zero-order chi connectivity index (χ0) is 16.8. The van der Waals surface area contributed by atoms with E-state index in [1.54, 1.807) is 0 Å². The lowest BCUT2D eigenvalue weighted by atomic mass is 10.1. The van der Waals surface area contributed by atoms with Crippen LogP contribution in [0.1, 0.15) is 76.0 Å². The van der Waals surface area contributed by atoms with Gasteiger partial charge >= 0.3 is 0 Å². The highest BCUT2D eigenvalue weighted by Gasteiger charge is 2.18. The number of nitrogens with zero attached hydrogens (tertiary/aromatic N) is 1. The van der Waals surface area contributed by atoms with Gasteiger partial charge in [0.2, 0.25) is 0 Å². The fraction of sp³-hybridized carbons (Fsp3) is 0.591. The average Bonchev–Trinajstić information content (AvgIpc) is 3.10. The number of hydrogen-bond donors (Lipinski definition) is 1. The molecule has 0 saturated carbocycles. The van der Waals surface area contributed by atoms with Gasteiger partial charge in [-0.1, -0.05) is 70.1 Å². The molecule has 0 fully saturated rings. The van der Waals surface area contributed by atoms with Crippen molar-refractivity contribution in [2.45, 2.75) is 84.1 Å². The molecule has 1 aromatic heterocycles. The van der Waals surface area contributed by atoms with Crippen molar-refractivity contribution >= 4 is 10.9 Å². The highest BCUT2D eigenvalue weighted by Crippen LogP contribution is 2.24. The van der Waals surface area contributed by atoms with E-state index in [1.165, 1.54) is 74.6 Å². The van der Waals surface area contributed by atoms with Gasteiger partial charge in [0.15, 0.2) is 0 Å². The van der Waals surface area contributed by atoms with Gasteiger partial charge in [0.25, 0.3) is 0 Å². The molecule has 0 radical (unpaired) electrons. The van der Waals surface area contributed by atoms with Crippen molar-refractivity contribution in [3.05, 3.63) is 40.9 Å². The average molecular weight is 325 g/mol. The van der Waals surface area contributed by atoms with Gasteiger partial charge < -0.3 is 4.57 Å². The number of hydrogen-bond acceptors (Lipinski definition) is 1. The van der Waals surface area contributed by atoms with E-state index in [9.17, 15) is 0 Å². The smallest absolute Gasteiger partial charge is 0.0682 e. The summed E-state index contributed by atoms with van der Waals surface area (Å²) in [6, 6.07) is 8.52. The first kappa shape index (κ1) is 17.3. The Balaban J connectivity index is 1.65. The molecule has 0 bridgehead atoms. The molecule has 1 aliphatic rings. The normalized spacial score (nSPS) is 13.5. The first-order valence-corrected chi connectivity index (χ1v) is 10.0. The summed E-state index contributed by atoms with van der Waals surface area (Å²) < 4.78 is 2.53. The van der Waals surface area contributed by atoms with Crippen LogP contribution in [0.15, 0.2) is 24.3 Å². The van der Waals surface area contributed by atoms with E-state index in [1.807, 2.05) is 0 Å². The van der Waals surface area contributed by atoms with Crippen molar-refractivity contribution in [2.75, 3.05) is 0 Å². The second-order valence-corrected chi connectivity index (χ2v) is 7.30. The second-order valence-electron chi connectivity index (χ2n) is 7.30. The molecule has 0 amide bonds. The SMILES string of the molecule is CCCCCCCCCCn1c2c(c(=N)c3ccccc31)CCC2. The van der Waals surface area contributed by atoms with Crippen LogP contribution in [0.25, 0.3) is 10.9 Å². The van der Waals surface area contributed by atoms with Gasteiger partial charge in [0, 0.05) is 17.6 Å². The molecule has 0 saturated heterocycles. The van der Waals surface area contributed by atoms with Crippen LogP contribution in [0.5, 0.6) is 0 Å². The molecule has 0 unspecified atom stereocenters. The van der Waals surface area contributed by atoms with Crippen molar-refractivity contribution in [1.82, 2.24) is 4.57 Å². The number of fused-ring (bicyclic) bond motifs is 2. The van der Waals surface area contributed by atoms with Crippen LogP contribution in [-0.2, 0) is 19.4 Å². The molecule has 2 aromatic rings. The number of benzene rings is 1. The molecular weight excluding hydrogens is 292 g/mol. The summed E-state index contributed by atoms with van der Waals surface area (Å²) in [6.45, 7) is 3.40. The lowest BCUT2D eigenvalue weighted by molar-refractivity contribution is 0.542. The summed E-state index contributed by atoms with van der Waals surface area (Å²) >= 11 is 0. The van der Waals surface area contributed by atoms with Crippen molar-refractivity contribution in [3.63, 3.8) is 0 Å². The number of para-hydroxylation sites is 1. The number of rotatable bonds is 9. The highest BCUT2D eigenvalue weighted by molar-refractivity contribution is 5.80. The molecule has 1 aromatic carbocycles. The Morgan fingerprint density at radius 2 is 1.62 bits per heavy atom.